The van der Waals surface area contributed by atoms with Crippen LogP contribution < -0.4 is 5.32 Å². The van der Waals surface area contributed by atoms with Gasteiger partial charge in [0.15, 0.2) is 0 Å². The number of nitrogens with zero attached hydrogens (tertiary/aromatic N) is 1. The van der Waals surface area contributed by atoms with Gasteiger partial charge in [-0.1, -0.05) is 38.0 Å². The Morgan fingerprint density at radius 2 is 1.94 bits per heavy atom. The smallest absolute Gasteiger partial charge is 0.307 e. The number of amides is 2. The summed E-state index contributed by atoms with van der Waals surface area (Å²) in [5.74, 6) is 0.595. The maximum Gasteiger partial charge on any atom is 0.330 e. The molecule has 2 atom stereocenters. The Hall–Kier alpha value is -0.780. The zero-order valence-corrected chi connectivity index (χ0v) is 12.8. The van der Waals surface area contributed by atoms with E-state index < -0.39 is 0 Å². The van der Waals surface area contributed by atoms with Crippen LogP contribution in [-0.2, 0) is 0 Å². The summed E-state index contributed by atoms with van der Waals surface area (Å²) >= 11 is 2.15. The Labute approximate surface area is 122 Å². The molecule has 4 heteroatoms. The number of nitrogens with one attached hydrogen (secondary N) is 1. The Bertz CT molecular complexity index is 396. The average molecular weight is 358 g/mol. The molecule has 1 aliphatic carbocycles. The molecule has 3 nitrogen and oxygen atoms in total. The molecule has 1 fully saturated rings. The lowest BCUT2D eigenvalue weighted by molar-refractivity contribution is 0.202. The molecule has 0 aliphatic heterocycles. The number of carbonyl (C=O) groups excluding carboxylic acids is 1. The van der Waals surface area contributed by atoms with Gasteiger partial charge >= 0.3 is 6.03 Å². The van der Waals surface area contributed by atoms with Gasteiger partial charge in [0.2, 0.25) is 0 Å². The van der Waals surface area contributed by atoms with E-state index in [1.54, 1.807) is 0 Å². The van der Waals surface area contributed by atoms with E-state index in [-0.39, 0.29) is 6.03 Å². The summed E-state index contributed by atoms with van der Waals surface area (Å²) in [5.41, 5.74) is 0.854. The minimum Gasteiger partial charge on any atom is -0.307 e. The highest BCUT2D eigenvalue weighted by Crippen LogP contribution is 2.30. The van der Waals surface area contributed by atoms with Crippen molar-refractivity contribution in [2.24, 2.45) is 5.92 Å². The van der Waals surface area contributed by atoms with Crippen LogP contribution in [0.1, 0.15) is 32.6 Å². The molecular formula is C14H19IN2O. The molecule has 1 aromatic rings. The molecule has 98 valence electrons. The van der Waals surface area contributed by atoms with Crippen LogP contribution in [0, 0.1) is 5.92 Å². The topological polar surface area (TPSA) is 32.3 Å². The second-order valence-corrected chi connectivity index (χ2v) is 5.98. The van der Waals surface area contributed by atoms with Gasteiger partial charge < -0.3 is 5.32 Å². The van der Waals surface area contributed by atoms with Gasteiger partial charge in [-0.05, 0) is 30.9 Å². The standard InChI is InChI=1S/C14H19IN2O/c1-11-7-5-6-10-13(11)17(15)14(18)16-12-8-3-2-4-9-12/h2-4,8-9,11,13H,5-7,10H2,1H3,(H,16,18). The normalized spacial score (nSPS) is 23.4. The first-order chi connectivity index (χ1) is 8.68. The highest BCUT2D eigenvalue weighted by molar-refractivity contribution is 14.1. The van der Waals surface area contributed by atoms with E-state index in [2.05, 4.69) is 35.1 Å². The second-order valence-electron chi connectivity index (χ2n) is 4.94. The molecule has 2 unspecified atom stereocenters. The number of hydrogen-bond acceptors (Lipinski definition) is 1. The maximum absolute atomic E-state index is 12.2. The van der Waals surface area contributed by atoms with Crippen LogP contribution in [0.4, 0.5) is 10.5 Å². The van der Waals surface area contributed by atoms with Crippen LogP contribution in [0.15, 0.2) is 30.3 Å². The molecule has 2 rings (SSSR count). The van der Waals surface area contributed by atoms with Crippen molar-refractivity contribution in [2.45, 2.75) is 38.6 Å². The number of hydrogen-bond donors (Lipinski definition) is 1. The van der Waals surface area contributed by atoms with E-state index in [1.165, 1.54) is 19.3 Å². The first-order valence-electron chi connectivity index (χ1n) is 6.49. The highest BCUT2D eigenvalue weighted by atomic mass is 127. The van der Waals surface area contributed by atoms with Gasteiger partial charge in [0, 0.05) is 11.7 Å². The van der Waals surface area contributed by atoms with Crippen molar-refractivity contribution in [2.75, 3.05) is 5.32 Å². The van der Waals surface area contributed by atoms with Crippen molar-refractivity contribution >= 4 is 34.6 Å². The fourth-order valence-electron chi connectivity index (χ4n) is 2.48. The average Bonchev–Trinajstić information content (AvgIpc) is 2.39. The molecule has 0 heterocycles. The van der Waals surface area contributed by atoms with Gasteiger partial charge in [0.1, 0.15) is 0 Å². The number of para-hydroxylation sites is 1. The molecule has 1 saturated carbocycles. The minimum absolute atomic E-state index is 0.0134. The molecule has 0 bridgehead atoms. The van der Waals surface area contributed by atoms with Crippen molar-refractivity contribution in [1.29, 1.82) is 0 Å². The fourth-order valence-corrected chi connectivity index (χ4v) is 3.43. The SMILES string of the molecule is CC1CCCCC1N(I)C(=O)Nc1ccccc1. The minimum atomic E-state index is -0.0134. The molecule has 0 saturated heterocycles. The number of rotatable bonds is 2. The monoisotopic (exact) mass is 358 g/mol. The lowest BCUT2D eigenvalue weighted by Gasteiger charge is -2.34. The lowest BCUT2D eigenvalue weighted by atomic mass is 9.86. The van der Waals surface area contributed by atoms with Gasteiger partial charge in [-0.2, -0.15) is 0 Å². The van der Waals surface area contributed by atoms with Crippen LogP contribution >= 0.6 is 22.9 Å². The van der Waals surface area contributed by atoms with Crippen molar-refractivity contribution in [1.82, 2.24) is 3.11 Å². The van der Waals surface area contributed by atoms with Gasteiger partial charge in [-0.3, -0.25) is 3.11 Å². The molecule has 18 heavy (non-hydrogen) atoms. The van der Waals surface area contributed by atoms with Crippen LogP contribution in [0.25, 0.3) is 0 Å². The Kier molecular flexibility index (Phi) is 4.86. The maximum atomic E-state index is 12.2. The number of benzene rings is 1. The van der Waals surface area contributed by atoms with Crippen LogP contribution in [0.3, 0.4) is 0 Å². The van der Waals surface area contributed by atoms with Crippen molar-refractivity contribution < 1.29 is 4.79 Å². The summed E-state index contributed by atoms with van der Waals surface area (Å²) in [5, 5.41) is 2.94. The Balaban J connectivity index is 1.96. The predicted octanol–water partition coefficient (Wildman–Crippen LogP) is 4.45. The molecule has 1 aliphatic rings. The third-order valence-electron chi connectivity index (χ3n) is 3.58. The zero-order valence-electron chi connectivity index (χ0n) is 10.6. The van der Waals surface area contributed by atoms with E-state index in [9.17, 15) is 4.79 Å². The van der Waals surface area contributed by atoms with Gasteiger partial charge in [-0.25, -0.2) is 4.79 Å². The lowest BCUT2D eigenvalue weighted by Crippen LogP contribution is -2.40. The number of carbonyl (C=O) groups is 1. The predicted molar refractivity (Wildman–Crippen MR) is 82.7 cm³/mol. The third-order valence-corrected chi connectivity index (χ3v) is 4.73. The third kappa shape index (κ3) is 3.37. The second kappa shape index (κ2) is 6.41. The van der Waals surface area contributed by atoms with Crippen molar-refractivity contribution in [3.8, 4) is 0 Å². The first-order valence-corrected chi connectivity index (χ1v) is 7.46. The van der Waals surface area contributed by atoms with E-state index in [4.69, 9.17) is 0 Å². The van der Waals surface area contributed by atoms with E-state index in [0.717, 1.165) is 12.1 Å². The summed E-state index contributed by atoms with van der Waals surface area (Å²) in [4.78, 5) is 12.2. The highest BCUT2D eigenvalue weighted by Gasteiger charge is 2.29. The first kappa shape index (κ1) is 13.6. The van der Waals surface area contributed by atoms with E-state index in [0.29, 0.717) is 12.0 Å². The molecule has 1 aromatic carbocycles. The number of halogens is 1. The van der Waals surface area contributed by atoms with Crippen molar-refractivity contribution in [3.63, 3.8) is 0 Å². The number of urea groups is 1. The fraction of sp³-hybridized carbons (Fsp3) is 0.500. The quantitative estimate of drug-likeness (QED) is 0.615. The van der Waals surface area contributed by atoms with Gasteiger partial charge in [0.25, 0.3) is 0 Å². The number of anilines is 1. The molecule has 0 aromatic heterocycles. The van der Waals surface area contributed by atoms with Gasteiger partial charge in [-0.15, -0.1) is 0 Å². The summed E-state index contributed by atoms with van der Waals surface area (Å²) in [6.45, 7) is 2.24. The molecule has 0 spiro atoms. The van der Waals surface area contributed by atoms with Gasteiger partial charge in [0.05, 0.1) is 22.9 Å². The van der Waals surface area contributed by atoms with Crippen LogP contribution in [0.5, 0.6) is 0 Å². The summed E-state index contributed by atoms with van der Waals surface area (Å²) in [6.07, 6.45) is 4.87. The summed E-state index contributed by atoms with van der Waals surface area (Å²) in [7, 11) is 0. The summed E-state index contributed by atoms with van der Waals surface area (Å²) in [6, 6.07) is 9.97. The zero-order chi connectivity index (χ0) is 13.0. The van der Waals surface area contributed by atoms with E-state index in [1.807, 2.05) is 33.4 Å². The molecule has 1 N–H and O–H groups in total. The van der Waals surface area contributed by atoms with E-state index >= 15 is 0 Å². The van der Waals surface area contributed by atoms with Crippen molar-refractivity contribution in [3.05, 3.63) is 30.3 Å². The molecule has 0 radical (unpaired) electrons. The molecule has 2 amide bonds. The largest absolute Gasteiger partial charge is 0.330 e. The molecular weight excluding hydrogens is 339 g/mol. The Morgan fingerprint density at radius 3 is 2.61 bits per heavy atom. The Morgan fingerprint density at radius 1 is 1.28 bits per heavy atom. The summed E-state index contributed by atoms with van der Waals surface area (Å²) < 4.78 is 1.84. The van der Waals surface area contributed by atoms with Crippen LogP contribution in [-0.4, -0.2) is 15.2 Å². The van der Waals surface area contributed by atoms with Crippen LogP contribution in [0.2, 0.25) is 0 Å².